The second-order valence-electron chi connectivity index (χ2n) is 11.2. The van der Waals surface area contributed by atoms with E-state index in [1.165, 1.54) is 0 Å². The van der Waals surface area contributed by atoms with Gasteiger partial charge in [-0.3, -0.25) is 39.8 Å². The van der Waals surface area contributed by atoms with Crippen LogP contribution in [0.1, 0.15) is 21.0 Å². The largest absolute Gasteiger partial charge is 0.360 e. The SMILES string of the molecule is O=C(Nc1ccncc1)c1n[nH]c2ccc(-c3cn[nH]c3)cc12.O=C(Nc1ccncc1)c1n[nH]c2ccc(-c3cncc4[nH]ccc34)cc12. The Kier molecular flexibility index (Phi) is 7.75. The maximum atomic E-state index is 12.7. The summed E-state index contributed by atoms with van der Waals surface area (Å²) < 4.78 is 0. The molecule has 0 spiro atoms. The summed E-state index contributed by atoms with van der Waals surface area (Å²) >= 11 is 0. The van der Waals surface area contributed by atoms with Crippen molar-refractivity contribution in [1.82, 2.24) is 50.5 Å². The number of pyridine rings is 3. The summed E-state index contributed by atoms with van der Waals surface area (Å²) in [5.41, 5.74) is 8.49. The molecule has 2 amide bonds. The molecule has 0 saturated carbocycles. The Morgan fingerprint density at radius 2 is 1.16 bits per heavy atom. The van der Waals surface area contributed by atoms with Crippen LogP contribution in [0.3, 0.4) is 0 Å². The molecule has 0 aliphatic carbocycles. The highest BCUT2D eigenvalue weighted by Gasteiger charge is 2.17. The zero-order chi connectivity index (χ0) is 33.9. The van der Waals surface area contributed by atoms with Crippen LogP contribution in [0.2, 0.25) is 0 Å². The average Bonchev–Trinajstić information content (AvgIpc) is 3.98. The summed E-state index contributed by atoms with van der Waals surface area (Å²) in [6.45, 7) is 0. The number of hydrogen-bond donors (Lipinski definition) is 6. The summed E-state index contributed by atoms with van der Waals surface area (Å²) in [5, 5.41) is 29.1. The van der Waals surface area contributed by atoms with Gasteiger partial charge in [-0.2, -0.15) is 15.3 Å². The number of benzene rings is 2. The van der Waals surface area contributed by atoms with Crippen molar-refractivity contribution in [3.8, 4) is 22.3 Å². The third-order valence-corrected chi connectivity index (χ3v) is 8.05. The molecule has 9 rings (SSSR count). The number of aromatic nitrogens is 10. The Hall–Kier alpha value is -7.48. The molecule has 14 heteroatoms. The summed E-state index contributed by atoms with van der Waals surface area (Å²) in [4.78, 5) is 40.5. The van der Waals surface area contributed by atoms with Crippen LogP contribution < -0.4 is 10.6 Å². The number of aromatic amines is 4. The zero-order valence-electron chi connectivity index (χ0n) is 26.0. The Morgan fingerprint density at radius 3 is 1.76 bits per heavy atom. The highest BCUT2D eigenvalue weighted by molar-refractivity contribution is 6.12. The van der Waals surface area contributed by atoms with Gasteiger partial charge in [-0.05, 0) is 65.7 Å². The summed E-state index contributed by atoms with van der Waals surface area (Å²) in [6, 6.07) is 20.6. The van der Waals surface area contributed by atoms with Gasteiger partial charge in [0.2, 0.25) is 0 Å². The monoisotopic (exact) mass is 658 g/mol. The normalized spacial score (nSPS) is 11.0. The molecule has 0 saturated heterocycles. The number of carbonyl (C=O) groups is 2. The van der Waals surface area contributed by atoms with E-state index in [2.05, 4.69) is 61.2 Å². The molecule has 0 fully saturated rings. The predicted molar refractivity (Wildman–Crippen MR) is 189 cm³/mol. The summed E-state index contributed by atoms with van der Waals surface area (Å²) in [6.07, 6.45) is 15.5. The molecule has 0 radical (unpaired) electrons. The van der Waals surface area contributed by atoms with E-state index in [9.17, 15) is 9.59 Å². The van der Waals surface area contributed by atoms with Gasteiger partial charge in [0.25, 0.3) is 11.8 Å². The Labute approximate surface area is 282 Å². The molecule has 0 aliphatic heterocycles. The van der Waals surface area contributed by atoms with E-state index >= 15 is 0 Å². The minimum Gasteiger partial charge on any atom is -0.360 e. The Balaban J connectivity index is 0.000000146. The minimum atomic E-state index is -0.275. The van der Waals surface area contributed by atoms with Crippen molar-refractivity contribution in [3.63, 3.8) is 0 Å². The van der Waals surface area contributed by atoms with E-state index < -0.39 is 0 Å². The lowest BCUT2D eigenvalue weighted by Crippen LogP contribution is -2.12. The molecule has 7 aromatic heterocycles. The molecule has 242 valence electrons. The lowest BCUT2D eigenvalue weighted by atomic mass is 10.0. The number of nitrogens with zero attached hydrogens (tertiary/aromatic N) is 6. The highest BCUT2D eigenvalue weighted by Crippen LogP contribution is 2.30. The fourth-order valence-electron chi connectivity index (χ4n) is 5.59. The average molecular weight is 659 g/mol. The second kappa shape index (κ2) is 13.0. The zero-order valence-corrected chi connectivity index (χ0v) is 26.0. The number of amides is 2. The lowest BCUT2D eigenvalue weighted by Gasteiger charge is -2.05. The highest BCUT2D eigenvalue weighted by atomic mass is 16.2. The van der Waals surface area contributed by atoms with Gasteiger partial charge in [-0.25, -0.2) is 0 Å². The van der Waals surface area contributed by atoms with Crippen LogP contribution in [-0.4, -0.2) is 62.3 Å². The van der Waals surface area contributed by atoms with E-state index in [4.69, 9.17) is 0 Å². The van der Waals surface area contributed by atoms with Gasteiger partial charge < -0.3 is 15.6 Å². The quantitative estimate of drug-likeness (QED) is 0.119. The maximum Gasteiger partial charge on any atom is 0.276 e. The molecule has 2 aromatic carbocycles. The predicted octanol–water partition coefficient (Wildman–Crippen LogP) is 6.35. The smallest absolute Gasteiger partial charge is 0.276 e. The van der Waals surface area contributed by atoms with Gasteiger partial charge in [0, 0.05) is 82.0 Å². The van der Waals surface area contributed by atoms with E-state index in [0.29, 0.717) is 22.8 Å². The Morgan fingerprint density at radius 1 is 0.560 bits per heavy atom. The number of anilines is 2. The topological polar surface area (TPSA) is 199 Å². The van der Waals surface area contributed by atoms with Crippen molar-refractivity contribution in [3.05, 3.63) is 134 Å². The molecule has 0 unspecified atom stereocenters. The van der Waals surface area contributed by atoms with Crippen molar-refractivity contribution in [1.29, 1.82) is 0 Å². The van der Waals surface area contributed by atoms with Crippen LogP contribution in [0, 0.1) is 0 Å². The molecule has 0 aliphatic rings. The molecule has 0 atom stereocenters. The van der Waals surface area contributed by atoms with Gasteiger partial charge in [0.1, 0.15) is 0 Å². The summed E-state index contributed by atoms with van der Waals surface area (Å²) in [5.74, 6) is -0.547. The summed E-state index contributed by atoms with van der Waals surface area (Å²) in [7, 11) is 0. The van der Waals surface area contributed by atoms with Gasteiger partial charge in [-0.15, -0.1) is 0 Å². The van der Waals surface area contributed by atoms with Crippen molar-refractivity contribution in [2.24, 2.45) is 0 Å². The minimum absolute atomic E-state index is 0.271. The van der Waals surface area contributed by atoms with Crippen LogP contribution in [-0.2, 0) is 0 Å². The first-order valence-electron chi connectivity index (χ1n) is 15.4. The van der Waals surface area contributed by atoms with Gasteiger partial charge in [-0.1, -0.05) is 12.1 Å². The van der Waals surface area contributed by atoms with E-state index in [0.717, 1.165) is 55.0 Å². The van der Waals surface area contributed by atoms with E-state index in [1.807, 2.05) is 54.9 Å². The molecular weight excluding hydrogens is 632 g/mol. The molecule has 0 bridgehead atoms. The van der Waals surface area contributed by atoms with Gasteiger partial charge in [0.05, 0.1) is 28.9 Å². The van der Waals surface area contributed by atoms with E-state index in [1.54, 1.807) is 67.6 Å². The van der Waals surface area contributed by atoms with Crippen LogP contribution in [0.15, 0.2) is 123 Å². The molecule has 14 nitrogen and oxygen atoms in total. The third kappa shape index (κ3) is 5.91. The molecular formula is C36H26N12O2. The first kappa shape index (κ1) is 29.9. The van der Waals surface area contributed by atoms with Crippen molar-refractivity contribution >= 4 is 55.9 Å². The van der Waals surface area contributed by atoms with Gasteiger partial charge in [0.15, 0.2) is 11.4 Å². The molecule has 6 N–H and O–H groups in total. The number of fused-ring (bicyclic) bond motifs is 3. The lowest BCUT2D eigenvalue weighted by molar-refractivity contribution is 0.101. The molecule has 9 aromatic rings. The van der Waals surface area contributed by atoms with Gasteiger partial charge >= 0.3 is 0 Å². The number of carbonyl (C=O) groups excluding carboxylic acids is 2. The van der Waals surface area contributed by atoms with Crippen molar-refractivity contribution in [2.75, 3.05) is 10.6 Å². The van der Waals surface area contributed by atoms with Crippen LogP contribution >= 0.6 is 0 Å². The number of nitrogens with one attached hydrogen (secondary N) is 6. The Bertz CT molecular complexity index is 2590. The molecule has 50 heavy (non-hydrogen) atoms. The first-order chi connectivity index (χ1) is 24.6. The van der Waals surface area contributed by atoms with Crippen LogP contribution in [0.25, 0.3) is 55.0 Å². The van der Waals surface area contributed by atoms with E-state index in [-0.39, 0.29) is 11.8 Å². The standard InChI is InChI=1S/C20H14N6O.C16H12N6O/c27-20(24-13-3-6-21-7-4-13)19-15-9-12(1-2-17(15)25-26-19)16-10-22-11-18-14(16)5-8-23-18;23-16(20-12-3-5-17-6-4-12)15-13-7-10(11-8-18-19-9-11)1-2-14(13)21-22-15/h1-11,23H,(H,25,26)(H,21,24,27);1-9H,(H,18,19)(H,21,22)(H,17,20,23). The van der Waals surface area contributed by atoms with Crippen molar-refractivity contribution in [2.45, 2.75) is 0 Å². The molecule has 7 heterocycles. The number of rotatable bonds is 6. The third-order valence-electron chi connectivity index (χ3n) is 8.05. The fraction of sp³-hybridized carbons (Fsp3) is 0. The maximum absolute atomic E-state index is 12.7. The second-order valence-corrected chi connectivity index (χ2v) is 11.2. The number of hydrogen-bond acceptors (Lipinski definition) is 8. The number of H-pyrrole nitrogens is 4. The van der Waals surface area contributed by atoms with Crippen molar-refractivity contribution < 1.29 is 9.59 Å². The first-order valence-corrected chi connectivity index (χ1v) is 15.4. The van der Waals surface area contributed by atoms with Crippen LogP contribution in [0.5, 0.6) is 0 Å². The fourth-order valence-corrected chi connectivity index (χ4v) is 5.59. The van der Waals surface area contributed by atoms with Crippen LogP contribution in [0.4, 0.5) is 11.4 Å².